The Hall–Kier alpha value is -4.50. The summed E-state index contributed by atoms with van der Waals surface area (Å²) in [5.41, 5.74) is 1.29. The fraction of sp³-hybridized carbons (Fsp3) is 0.379. The molecule has 0 bridgehead atoms. The van der Waals surface area contributed by atoms with Crippen LogP contribution in [-0.4, -0.2) is 42.8 Å². The largest absolute Gasteiger partial charge is 0.489 e. The lowest BCUT2D eigenvalue weighted by molar-refractivity contribution is 0.0523. The van der Waals surface area contributed by atoms with Gasteiger partial charge in [0.2, 0.25) is 0 Å². The Labute approximate surface area is 245 Å². The molecule has 42 heavy (non-hydrogen) atoms. The van der Waals surface area contributed by atoms with Gasteiger partial charge in [-0.3, -0.25) is 14.5 Å². The number of fused-ring (bicyclic) bond motifs is 1. The van der Waals surface area contributed by atoms with Gasteiger partial charge in [-0.1, -0.05) is 11.6 Å². The summed E-state index contributed by atoms with van der Waals surface area (Å²) >= 11 is 6.38. The van der Waals surface area contributed by atoms with Crippen molar-refractivity contribution in [2.75, 3.05) is 0 Å². The average Bonchev–Trinajstić information content (AvgIpc) is 3.66. The molecular weight excluding hydrogens is 565 g/mol. The van der Waals surface area contributed by atoms with E-state index in [2.05, 4.69) is 25.6 Å². The number of carbonyl (C=O) groups is 1. The summed E-state index contributed by atoms with van der Waals surface area (Å²) in [6.45, 7) is 8.56. The van der Waals surface area contributed by atoms with Crippen molar-refractivity contribution in [1.29, 1.82) is 5.26 Å². The molecule has 13 heteroatoms. The van der Waals surface area contributed by atoms with E-state index in [0.29, 0.717) is 44.7 Å². The number of carbonyl (C=O) groups excluding carboxylic acids is 1. The van der Waals surface area contributed by atoms with Crippen LogP contribution in [0.4, 0.5) is 9.18 Å². The maximum Gasteiger partial charge on any atom is 0.407 e. The second-order valence-electron chi connectivity index (χ2n) is 11.2. The number of pyridine rings is 1. The van der Waals surface area contributed by atoms with E-state index in [0.717, 1.165) is 12.8 Å². The van der Waals surface area contributed by atoms with Gasteiger partial charge in [0, 0.05) is 29.1 Å². The predicted molar refractivity (Wildman–Crippen MR) is 154 cm³/mol. The van der Waals surface area contributed by atoms with Crippen molar-refractivity contribution in [3.8, 4) is 34.3 Å². The van der Waals surface area contributed by atoms with Gasteiger partial charge in [0.1, 0.15) is 23.0 Å². The molecule has 1 aliphatic carbocycles. The fourth-order valence-corrected chi connectivity index (χ4v) is 4.97. The molecule has 4 aromatic rings. The van der Waals surface area contributed by atoms with Crippen LogP contribution in [0.15, 0.2) is 17.1 Å². The van der Waals surface area contributed by atoms with Crippen LogP contribution in [0, 0.1) is 31.0 Å². The van der Waals surface area contributed by atoms with Gasteiger partial charge in [-0.05, 0) is 53.5 Å². The molecular formula is C29H29ClFN7O4. The first-order valence-corrected chi connectivity index (χ1v) is 13.6. The van der Waals surface area contributed by atoms with Crippen molar-refractivity contribution in [2.24, 2.45) is 7.05 Å². The van der Waals surface area contributed by atoms with Crippen molar-refractivity contribution in [3.05, 3.63) is 56.0 Å². The zero-order chi connectivity index (χ0) is 30.5. The molecule has 1 saturated carbocycles. The molecule has 0 radical (unpaired) electrons. The first kappa shape index (κ1) is 29.0. The van der Waals surface area contributed by atoms with E-state index >= 15 is 4.39 Å². The van der Waals surface area contributed by atoms with Gasteiger partial charge in [-0.15, -0.1) is 0 Å². The van der Waals surface area contributed by atoms with Gasteiger partial charge in [-0.2, -0.15) is 15.5 Å². The van der Waals surface area contributed by atoms with Crippen LogP contribution in [-0.2, 0) is 18.3 Å². The van der Waals surface area contributed by atoms with Gasteiger partial charge < -0.3 is 14.8 Å². The third-order valence-corrected chi connectivity index (χ3v) is 7.13. The van der Waals surface area contributed by atoms with Gasteiger partial charge in [0.25, 0.3) is 5.56 Å². The highest BCUT2D eigenvalue weighted by Gasteiger charge is 2.31. The number of aryl methyl sites for hydroxylation is 2. The topological polar surface area (TPSA) is 148 Å². The average molecular weight is 594 g/mol. The van der Waals surface area contributed by atoms with Crippen molar-refractivity contribution >= 4 is 28.5 Å². The first-order chi connectivity index (χ1) is 19.8. The summed E-state index contributed by atoms with van der Waals surface area (Å²) in [7, 11) is 1.65. The van der Waals surface area contributed by atoms with E-state index in [9.17, 15) is 14.9 Å². The van der Waals surface area contributed by atoms with Crippen LogP contribution in [0.5, 0.6) is 5.75 Å². The maximum absolute atomic E-state index is 15.9. The number of halogens is 2. The molecule has 1 amide bonds. The Morgan fingerprint density at radius 1 is 1.33 bits per heavy atom. The summed E-state index contributed by atoms with van der Waals surface area (Å²) in [5.74, 6) is -0.543. The number of aromatic amines is 1. The Kier molecular flexibility index (Phi) is 7.41. The predicted octanol–water partition coefficient (Wildman–Crippen LogP) is 5.23. The third kappa shape index (κ3) is 5.39. The van der Waals surface area contributed by atoms with E-state index in [4.69, 9.17) is 21.1 Å². The maximum atomic E-state index is 15.9. The molecule has 11 nitrogen and oxygen atoms in total. The number of hydrogen-bond acceptors (Lipinski definition) is 8. The van der Waals surface area contributed by atoms with Crippen molar-refractivity contribution in [3.63, 3.8) is 0 Å². The minimum atomic E-state index is -0.781. The second kappa shape index (κ2) is 10.7. The van der Waals surface area contributed by atoms with Gasteiger partial charge in [0.05, 0.1) is 52.0 Å². The zero-order valence-corrected chi connectivity index (χ0v) is 24.7. The number of alkyl carbamates (subject to hydrolysis) is 1. The Morgan fingerprint density at radius 2 is 2.05 bits per heavy atom. The lowest BCUT2D eigenvalue weighted by Gasteiger charge is -2.19. The standard InChI is InChI=1S/C29H29ClFN7O4/c1-13-21(24(31)23(30)17(10-32)26(13)41-15-7-8-15)25-18(11-34-38(25)6)19-9-16-20(12-33-28(40)42-29(3,4)5)36-37-27(39)22(16)14(2)35-19/h9,11,15H,7-8,12H2,1-6H3,(H,33,40)(H,37,39). The van der Waals surface area contributed by atoms with E-state index in [1.54, 1.807) is 47.7 Å². The molecule has 0 saturated heterocycles. The Morgan fingerprint density at radius 3 is 2.69 bits per heavy atom. The van der Waals surface area contributed by atoms with E-state index in [1.165, 1.54) is 10.9 Å². The van der Waals surface area contributed by atoms with Crippen LogP contribution < -0.4 is 15.6 Å². The van der Waals surface area contributed by atoms with Crippen molar-refractivity contribution in [1.82, 2.24) is 30.3 Å². The number of nitriles is 1. The van der Waals surface area contributed by atoms with E-state index in [1.807, 2.05) is 6.07 Å². The van der Waals surface area contributed by atoms with Crippen molar-refractivity contribution in [2.45, 2.75) is 65.7 Å². The third-order valence-electron chi connectivity index (χ3n) is 6.78. The Balaban J connectivity index is 1.66. The van der Waals surface area contributed by atoms with Crippen LogP contribution >= 0.6 is 11.6 Å². The van der Waals surface area contributed by atoms with Crippen LogP contribution in [0.3, 0.4) is 0 Å². The number of benzene rings is 1. The highest BCUT2D eigenvalue weighted by Crippen LogP contribution is 2.45. The summed E-state index contributed by atoms with van der Waals surface area (Å²) in [5, 5.41) is 23.8. The van der Waals surface area contributed by atoms with Crippen molar-refractivity contribution < 1.29 is 18.7 Å². The number of amides is 1. The van der Waals surface area contributed by atoms with Crippen LogP contribution in [0.2, 0.25) is 5.02 Å². The highest BCUT2D eigenvalue weighted by molar-refractivity contribution is 6.32. The molecule has 1 aromatic carbocycles. The molecule has 0 aliphatic heterocycles. The van der Waals surface area contributed by atoms with Gasteiger partial charge in [0.15, 0.2) is 5.82 Å². The van der Waals surface area contributed by atoms with Gasteiger partial charge >= 0.3 is 6.09 Å². The SMILES string of the molecule is Cc1c(OC2CC2)c(C#N)c(Cl)c(F)c1-c1c(-c2cc3c(CNC(=O)OC(C)(C)C)n[nH]c(=O)c3c(C)n2)cnn1C. The molecule has 3 aromatic heterocycles. The number of ether oxygens (including phenoxy) is 2. The highest BCUT2D eigenvalue weighted by atomic mass is 35.5. The number of nitrogens with one attached hydrogen (secondary N) is 2. The zero-order valence-electron chi connectivity index (χ0n) is 24.0. The summed E-state index contributed by atoms with van der Waals surface area (Å²) in [4.78, 5) is 29.7. The minimum absolute atomic E-state index is 0.0359. The second-order valence-corrected chi connectivity index (χ2v) is 11.5. The number of H-pyrrole nitrogens is 1. The quantitative estimate of drug-likeness (QED) is 0.309. The molecule has 0 spiro atoms. The fourth-order valence-electron chi connectivity index (χ4n) is 4.75. The normalized spacial score (nSPS) is 13.2. The lowest BCUT2D eigenvalue weighted by Crippen LogP contribution is -2.32. The van der Waals surface area contributed by atoms with Gasteiger partial charge in [-0.25, -0.2) is 14.3 Å². The Bertz CT molecular complexity index is 1850. The van der Waals surface area contributed by atoms with Crippen LogP contribution in [0.1, 0.15) is 56.1 Å². The molecule has 218 valence electrons. The smallest absolute Gasteiger partial charge is 0.407 e. The van der Waals surface area contributed by atoms with E-state index < -0.39 is 23.1 Å². The number of aromatic nitrogens is 5. The number of hydrogen-bond donors (Lipinski definition) is 2. The molecule has 3 heterocycles. The minimum Gasteiger partial charge on any atom is -0.489 e. The summed E-state index contributed by atoms with van der Waals surface area (Å²) in [6, 6.07) is 3.62. The summed E-state index contributed by atoms with van der Waals surface area (Å²) < 4.78 is 28.7. The molecule has 1 fully saturated rings. The van der Waals surface area contributed by atoms with Crippen LogP contribution in [0.25, 0.3) is 33.3 Å². The number of rotatable bonds is 6. The molecule has 0 unspecified atom stereocenters. The summed E-state index contributed by atoms with van der Waals surface area (Å²) in [6.07, 6.45) is 2.51. The molecule has 1 aliphatic rings. The first-order valence-electron chi connectivity index (χ1n) is 13.3. The number of nitrogens with zero attached hydrogens (tertiary/aromatic N) is 5. The monoisotopic (exact) mass is 593 g/mol. The molecule has 5 rings (SSSR count). The molecule has 0 atom stereocenters. The lowest BCUT2D eigenvalue weighted by atomic mass is 9.96. The van der Waals surface area contributed by atoms with E-state index in [-0.39, 0.29) is 34.5 Å². The molecule has 2 N–H and O–H groups in total.